The van der Waals surface area contributed by atoms with E-state index in [0.717, 1.165) is 17.0 Å². The Balaban J connectivity index is 1.44. The molecule has 3 aromatic heterocycles. The van der Waals surface area contributed by atoms with Crippen LogP contribution in [0.15, 0.2) is 65.8 Å². The molecule has 0 saturated carbocycles. The highest BCUT2D eigenvalue weighted by Crippen LogP contribution is 2.27. The summed E-state index contributed by atoms with van der Waals surface area (Å²) in [5.74, 6) is -0.471. The average molecular weight is 458 g/mol. The van der Waals surface area contributed by atoms with Crippen molar-refractivity contribution in [2.24, 2.45) is 0 Å². The molecule has 172 valence electrons. The zero-order valence-corrected chi connectivity index (χ0v) is 19.2. The van der Waals surface area contributed by atoms with Crippen molar-refractivity contribution >= 4 is 5.91 Å². The fourth-order valence-corrected chi connectivity index (χ4v) is 4.36. The predicted molar refractivity (Wildman–Crippen MR) is 126 cm³/mol. The van der Waals surface area contributed by atoms with Crippen LogP contribution >= 0.6 is 0 Å². The van der Waals surface area contributed by atoms with Gasteiger partial charge in [0.2, 0.25) is 0 Å². The van der Waals surface area contributed by atoms with E-state index in [-0.39, 0.29) is 23.3 Å². The summed E-state index contributed by atoms with van der Waals surface area (Å²) in [6.45, 7) is 6.28. The molecule has 5 rings (SSSR count). The Labute approximate surface area is 196 Å². The molecule has 0 spiro atoms. The van der Waals surface area contributed by atoms with Crippen LogP contribution in [0.2, 0.25) is 0 Å². The summed E-state index contributed by atoms with van der Waals surface area (Å²) in [5, 5.41) is 0. The summed E-state index contributed by atoms with van der Waals surface area (Å²) < 4.78 is 16.9. The number of amides is 1. The molecule has 8 heteroatoms. The summed E-state index contributed by atoms with van der Waals surface area (Å²) in [5.41, 5.74) is 4.22. The minimum absolute atomic E-state index is 0.214. The monoisotopic (exact) mass is 457 g/mol. The molecule has 7 nitrogen and oxygen atoms in total. The number of fused-ring (bicyclic) bond motifs is 1. The maximum atomic E-state index is 13.7. The standard InChI is InChI=1S/C26H24FN5O2/c1-16-13-19(7-8-20(16)27)22-6-4-5-21(29-22)18(3)31-11-12-32-24(26(31)34)10-9-23(25(32)33)30-14-17(2)28-15-30/h4-10,13-15,18H,11-12H2,1-3H3/t18-/m0/s1. The van der Waals surface area contributed by atoms with Gasteiger partial charge in [-0.25, -0.2) is 9.37 Å². The van der Waals surface area contributed by atoms with Crippen LogP contribution in [0.3, 0.4) is 0 Å². The molecule has 4 aromatic rings. The lowest BCUT2D eigenvalue weighted by molar-refractivity contribution is 0.0624. The Morgan fingerprint density at radius 1 is 1.03 bits per heavy atom. The number of carbonyl (C=O) groups excluding carboxylic acids is 1. The van der Waals surface area contributed by atoms with E-state index in [1.165, 1.54) is 10.6 Å². The van der Waals surface area contributed by atoms with Crippen LogP contribution in [0.1, 0.15) is 40.4 Å². The van der Waals surface area contributed by atoms with E-state index in [0.29, 0.717) is 35.7 Å². The van der Waals surface area contributed by atoms with Crippen molar-refractivity contribution < 1.29 is 9.18 Å². The fraction of sp³-hybridized carbons (Fsp3) is 0.231. The molecule has 1 amide bonds. The summed E-state index contributed by atoms with van der Waals surface area (Å²) in [6.07, 6.45) is 3.38. The average Bonchev–Trinajstić information content (AvgIpc) is 3.27. The van der Waals surface area contributed by atoms with Gasteiger partial charge in [-0.15, -0.1) is 0 Å². The molecule has 4 heterocycles. The van der Waals surface area contributed by atoms with Crippen molar-refractivity contribution in [3.05, 3.63) is 99.9 Å². The van der Waals surface area contributed by atoms with E-state index < -0.39 is 0 Å². The Morgan fingerprint density at radius 2 is 1.85 bits per heavy atom. The summed E-state index contributed by atoms with van der Waals surface area (Å²) in [4.78, 5) is 37.1. The van der Waals surface area contributed by atoms with E-state index in [2.05, 4.69) is 4.98 Å². The number of hydrogen-bond acceptors (Lipinski definition) is 4. The number of aryl methyl sites for hydroxylation is 2. The van der Waals surface area contributed by atoms with Gasteiger partial charge in [0, 0.05) is 24.8 Å². The van der Waals surface area contributed by atoms with E-state index in [1.807, 2.05) is 32.0 Å². The highest BCUT2D eigenvalue weighted by molar-refractivity contribution is 5.93. The largest absolute Gasteiger partial charge is 0.327 e. The number of pyridine rings is 2. The molecular formula is C26H24FN5O2. The molecule has 0 unspecified atom stereocenters. The number of halogens is 1. The van der Waals surface area contributed by atoms with Gasteiger partial charge in [0.25, 0.3) is 11.5 Å². The number of rotatable bonds is 4. The SMILES string of the molecule is Cc1cn(-c2ccc3n(c2=O)CCN([C@@H](C)c2cccc(-c4ccc(F)c(C)c4)n2)C3=O)cn1. The lowest BCUT2D eigenvalue weighted by Gasteiger charge is -2.34. The minimum Gasteiger partial charge on any atom is -0.327 e. The molecular weight excluding hydrogens is 433 g/mol. The number of aromatic nitrogens is 4. The molecule has 0 saturated heterocycles. The number of imidazole rings is 1. The molecule has 0 bridgehead atoms. The molecule has 34 heavy (non-hydrogen) atoms. The van der Waals surface area contributed by atoms with E-state index in [4.69, 9.17) is 4.98 Å². The molecule has 0 fully saturated rings. The second-order valence-corrected chi connectivity index (χ2v) is 8.57. The van der Waals surface area contributed by atoms with Crippen molar-refractivity contribution in [3.8, 4) is 16.9 Å². The molecule has 0 aliphatic carbocycles. The molecule has 0 N–H and O–H groups in total. The lowest BCUT2D eigenvalue weighted by atomic mass is 10.1. The van der Waals surface area contributed by atoms with E-state index in [1.54, 1.807) is 53.2 Å². The van der Waals surface area contributed by atoms with Gasteiger partial charge in [-0.2, -0.15) is 0 Å². The van der Waals surface area contributed by atoms with Crippen molar-refractivity contribution in [2.45, 2.75) is 33.4 Å². The first-order valence-electron chi connectivity index (χ1n) is 11.1. The van der Waals surface area contributed by atoms with Crippen LogP contribution in [0, 0.1) is 19.7 Å². The zero-order valence-electron chi connectivity index (χ0n) is 19.2. The van der Waals surface area contributed by atoms with Crippen LogP contribution in [-0.4, -0.2) is 36.5 Å². The maximum Gasteiger partial charge on any atom is 0.275 e. The first-order chi connectivity index (χ1) is 16.3. The summed E-state index contributed by atoms with van der Waals surface area (Å²) in [7, 11) is 0. The van der Waals surface area contributed by atoms with E-state index >= 15 is 0 Å². The number of hydrogen-bond donors (Lipinski definition) is 0. The third kappa shape index (κ3) is 3.71. The predicted octanol–water partition coefficient (Wildman–Crippen LogP) is 4.07. The highest BCUT2D eigenvalue weighted by atomic mass is 19.1. The first-order valence-corrected chi connectivity index (χ1v) is 11.1. The Hall–Kier alpha value is -4.07. The highest BCUT2D eigenvalue weighted by Gasteiger charge is 2.30. The molecule has 1 aromatic carbocycles. The normalized spacial score (nSPS) is 14.2. The van der Waals surface area contributed by atoms with Gasteiger partial charge in [-0.3, -0.25) is 14.6 Å². The maximum absolute atomic E-state index is 13.7. The van der Waals surface area contributed by atoms with Crippen LogP contribution in [0.5, 0.6) is 0 Å². The van der Waals surface area contributed by atoms with E-state index in [9.17, 15) is 14.0 Å². The van der Waals surface area contributed by atoms with Gasteiger partial charge in [0.15, 0.2) is 0 Å². The Bertz CT molecular complexity index is 1470. The van der Waals surface area contributed by atoms with Gasteiger partial charge in [-0.1, -0.05) is 6.07 Å². The van der Waals surface area contributed by atoms with Crippen LogP contribution in [0.4, 0.5) is 4.39 Å². The van der Waals surface area contributed by atoms with Gasteiger partial charge in [-0.05, 0) is 68.8 Å². The summed E-state index contributed by atoms with van der Waals surface area (Å²) in [6, 6.07) is 13.6. The van der Waals surface area contributed by atoms with Crippen molar-refractivity contribution in [2.75, 3.05) is 6.54 Å². The van der Waals surface area contributed by atoms with Crippen LogP contribution < -0.4 is 5.56 Å². The lowest BCUT2D eigenvalue weighted by Crippen LogP contribution is -2.46. The smallest absolute Gasteiger partial charge is 0.275 e. The Kier molecular flexibility index (Phi) is 5.36. The fourth-order valence-electron chi connectivity index (χ4n) is 4.36. The molecule has 1 aliphatic heterocycles. The Morgan fingerprint density at radius 3 is 2.59 bits per heavy atom. The molecule has 1 atom stereocenters. The minimum atomic E-state index is -0.297. The zero-order chi connectivity index (χ0) is 24.0. The molecule has 1 aliphatic rings. The molecule has 0 radical (unpaired) electrons. The van der Waals surface area contributed by atoms with Gasteiger partial charge < -0.3 is 14.0 Å². The van der Waals surface area contributed by atoms with Crippen molar-refractivity contribution in [1.82, 2.24) is 24.0 Å². The second-order valence-electron chi connectivity index (χ2n) is 8.57. The quantitative estimate of drug-likeness (QED) is 0.463. The number of carbonyl (C=O) groups is 1. The second kappa shape index (κ2) is 8.37. The van der Waals surface area contributed by atoms with Crippen LogP contribution in [0.25, 0.3) is 16.9 Å². The third-order valence-corrected chi connectivity index (χ3v) is 6.31. The number of benzene rings is 1. The van der Waals surface area contributed by atoms with Gasteiger partial charge >= 0.3 is 0 Å². The van der Waals surface area contributed by atoms with Crippen LogP contribution in [-0.2, 0) is 6.54 Å². The van der Waals surface area contributed by atoms with Crippen molar-refractivity contribution in [3.63, 3.8) is 0 Å². The third-order valence-electron chi connectivity index (χ3n) is 6.31. The first kappa shape index (κ1) is 21.8. The summed E-state index contributed by atoms with van der Waals surface area (Å²) >= 11 is 0. The van der Waals surface area contributed by atoms with Gasteiger partial charge in [0.05, 0.1) is 29.5 Å². The van der Waals surface area contributed by atoms with Gasteiger partial charge in [0.1, 0.15) is 17.2 Å². The van der Waals surface area contributed by atoms with Crippen molar-refractivity contribution in [1.29, 1.82) is 0 Å². The topological polar surface area (TPSA) is 73.0 Å². The number of nitrogens with zero attached hydrogens (tertiary/aromatic N) is 5.